The van der Waals surface area contributed by atoms with Gasteiger partial charge in [0.15, 0.2) is 0 Å². The van der Waals surface area contributed by atoms with E-state index in [0.717, 1.165) is 5.56 Å². The predicted octanol–water partition coefficient (Wildman–Crippen LogP) is 4.57. The molecule has 0 aliphatic carbocycles. The van der Waals surface area contributed by atoms with Crippen molar-refractivity contribution in [1.29, 1.82) is 0 Å². The van der Waals surface area contributed by atoms with Crippen LogP contribution in [0.1, 0.15) is 15.9 Å². The van der Waals surface area contributed by atoms with E-state index in [1.165, 1.54) is 18.2 Å². The van der Waals surface area contributed by atoms with Crippen molar-refractivity contribution in [2.75, 3.05) is 5.32 Å². The molecule has 1 amide bonds. The summed E-state index contributed by atoms with van der Waals surface area (Å²) in [6.45, 7) is 1.78. The van der Waals surface area contributed by atoms with Crippen LogP contribution in [-0.2, 0) is 0 Å². The monoisotopic (exact) mass is 368 g/mol. The van der Waals surface area contributed by atoms with Gasteiger partial charge in [0.1, 0.15) is 0 Å². The average Bonchev–Trinajstić information content (AvgIpc) is 2.44. The minimum absolute atomic E-state index is 0.162. The molecule has 0 fully saturated rings. The van der Waals surface area contributed by atoms with Crippen LogP contribution in [0.25, 0.3) is 0 Å². The zero-order valence-corrected chi connectivity index (χ0v) is 13.2. The number of halogens is 2. The van der Waals surface area contributed by atoms with Crippen molar-refractivity contribution in [3.63, 3.8) is 0 Å². The van der Waals surface area contributed by atoms with Gasteiger partial charge in [0.25, 0.3) is 11.6 Å². The number of hydrogen-bond acceptors (Lipinski definition) is 3. The Morgan fingerprint density at radius 1 is 1.33 bits per heavy atom. The second-order valence-electron chi connectivity index (χ2n) is 4.29. The van der Waals surface area contributed by atoms with E-state index in [2.05, 4.69) is 21.2 Å². The maximum Gasteiger partial charge on any atom is 0.284 e. The summed E-state index contributed by atoms with van der Waals surface area (Å²) >= 11 is 9.06. The summed E-state index contributed by atoms with van der Waals surface area (Å²) in [5.74, 6) is -0.434. The number of carbonyl (C=O) groups excluding carboxylic acids is 1. The van der Waals surface area contributed by atoms with Gasteiger partial charge in [-0.3, -0.25) is 14.9 Å². The molecule has 0 atom stereocenters. The first-order valence-corrected chi connectivity index (χ1v) is 7.07. The second kappa shape index (κ2) is 6.24. The number of rotatable bonds is 3. The summed E-state index contributed by atoms with van der Waals surface area (Å²) < 4.78 is 0.322. The fourth-order valence-electron chi connectivity index (χ4n) is 1.73. The lowest BCUT2D eigenvalue weighted by Crippen LogP contribution is -2.13. The quantitative estimate of drug-likeness (QED) is 0.636. The van der Waals surface area contributed by atoms with Crippen LogP contribution < -0.4 is 5.32 Å². The highest BCUT2D eigenvalue weighted by atomic mass is 79.9. The maximum atomic E-state index is 12.2. The lowest BCUT2D eigenvalue weighted by atomic mass is 10.1. The fourth-order valence-corrected chi connectivity index (χ4v) is 2.30. The Morgan fingerprint density at radius 2 is 2.05 bits per heavy atom. The van der Waals surface area contributed by atoms with Crippen molar-refractivity contribution in [3.8, 4) is 0 Å². The minimum Gasteiger partial charge on any atom is -0.322 e. The Morgan fingerprint density at radius 3 is 2.71 bits per heavy atom. The van der Waals surface area contributed by atoms with E-state index in [0.29, 0.717) is 15.2 Å². The normalized spacial score (nSPS) is 10.2. The van der Waals surface area contributed by atoms with Crippen LogP contribution in [0, 0.1) is 17.0 Å². The van der Waals surface area contributed by atoms with Gasteiger partial charge in [-0.15, -0.1) is 0 Å². The van der Waals surface area contributed by atoms with E-state index in [1.807, 2.05) is 0 Å². The zero-order chi connectivity index (χ0) is 15.6. The number of benzene rings is 2. The summed E-state index contributed by atoms with van der Waals surface area (Å²) in [5, 5.41) is 14.1. The van der Waals surface area contributed by atoms with Crippen molar-refractivity contribution in [1.82, 2.24) is 0 Å². The molecule has 0 unspecified atom stereocenters. The highest BCUT2D eigenvalue weighted by Crippen LogP contribution is 2.27. The van der Waals surface area contributed by atoms with Crippen LogP contribution in [0.5, 0.6) is 0 Å². The summed E-state index contributed by atoms with van der Waals surface area (Å²) in [7, 11) is 0. The van der Waals surface area contributed by atoms with Crippen molar-refractivity contribution >= 4 is 44.8 Å². The molecule has 21 heavy (non-hydrogen) atoms. The third kappa shape index (κ3) is 3.40. The molecule has 0 spiro atoms. The van der Waals surface area contributed by atoms with Crippen LogP contribution in [-0.4, -0.2) is 10.8 Å². The minimum atomic E-state index is -0.550. The van der Waals surface area contributed by atoms with E-state index in [9.17, 15) is 14.9 Å². The Labute approximate surface area is 134 Å². The molecule has 0 aliphatic rings. The van der Waals surface area contributed by atoms with Gasteiger partial charge in [-0.05, 0) is 52.7 Å². The summed E-state index contributed by atoms with van der Waals surface area (Å²) in [6.07, 6.45) is 0. The molecule has 2 rings (SSSR count). The summed E-state index contributed by atoms with van der Waals surface area (Å²) in [5.41, 5.74) is 1.34. The number of nitro groups is 1. The van der Waals surface area contributed by atoms with Gasteiger partial charge in [-0.2, -0.15) is 0 Å². The lowest BCUT2D eigenvalue weighted by molar-refractivity contribution is -0.385. The smallest absolute Gasteiger partial charge is 0.284 e. The third-order valence-electron chi connectivity index (χ3n) is 2.92. The average molecular weight is 370 g/mol. The van der Waals surface area contributed by atoms with Gasteiger partial charge in [-0.25, -0.2) is 0 Å². The number of hydrogen-bond donors (Lipinski definition) is 1. The lowest BCUT2D eigenvalue weighted by Gasteiger charge is -2.09. The Kier molecular flexibility index (Phi) is 4.59. The molecule has 108 valence electrons. The van der Waals surface area contributed by atoms with E-state index < -0.39 is 10.8 Å². The molecule has 1 N–H and O–H groups in total. The van der Waals surface area contributed by atoms with Crippen molar-refractivity contribution in [2.45, 2.75) is 6.92 Å². The predicted molar refractivity (Wildman–Crippen MR) is 84.9 cm³/mol. The molecular weight excluding hydrogens is 360 g/mol. The molecule has 0 heterocycles. The molecule has 0 bridgehead atoms. The highest BCUT2D eigenvalue weighted by molar-refractivity contribution is 9.10. The first-order chi connectivity index (χ1) is 9.90. The SMILES string of the molecule is Cc1c(Cl)cccc1NC(=O)c1ccc(Br)c([N+](=O)[O-])c1. The van der Waals surface area contributed by atoms with Crippen LogP contribution in [0.2, 0.25) is 5.02 Å². The fraction of sp³-hybridized carbons (Fsp3) is 0.0714. The first-order valence-electron chi connectivity index (χ1n) is 5.90. The molecule has 0 aliphatic heterocycles. The standard InChI is InChI=1S/C14H10BrClN2O3/c1-8-11(16)3-2-4-12(8)17-14(19)9-5-6-10(15)13(7-9)18(20)21/h2-7H,1H3,(H,17,19). The molecule has 2 aromatic carbocycles. The maximum absolute atomic E-state index is 12.2. The van der Waals surface area contributed by atoms with E-state index in [-0.39, 0.29) is 11.3 Å². The third-order valence-corrected chi connectivity index (χ3v) is 4.00. The number of carbonyl (C=O) groups is 1. The Bertz CT molecular complexity index is 734. The summed E-state index contributed by atoms with van der Waals surface area (Å²) in [6, 6.07) is 9.35. The number of nitrogens with one attached hydrogen (secondary N) is 1. The topological polar surface area (TPSA) is 72.2 Å². The molecule has 5 nitrogen and oxygen atoms in total. The van der Waals surface area contributed by atoms with Gasteiger partial charge >= 0.3 is 0 Å². The molecule has 0 aromatic heterocycles. The summed E-state index contributed by atoms with van der Waals surface area (Å²) in [4.78, 5) is 22.5. The molecule has 0 radical (unpaired) electrons. The molecule has 0 saturated heterocycles. The van der Waals surface area contributed by atoms with Crippen molar-refractivity contribution in [3.05, 3.63) is 67.1 Å². The van der Waals surface area contributed by atoms with Crippen LogP contribution in [0.15, 0.2) is 40.9 Å². The van der Waals surface area contributed by atoms with Crippen molar-refractivity contribution in [2.24, 2.45) is 0 Å². The largest absolute Gasteiger partial charge is 0.322 e. The van der Waals surface area contributed by atoms with Gasteiger partial charge in [0.05, 0.1) is 9.40 Å². The molecule has 0 saturated carbocycles. The van der Waals surface area contributed by atoms with Crippen LogP contribution >= 0.6 is 27.5 Å². The number of amides is 1. The Hall–Kier alpha value is -1.92. The number of anilines is 1. The van der Waals surface area contributed by atoms with Crippen LogP contribution in [0.3, 0.4) is 0 Å². The number of nitro benzene ring substituents is 1. The Balaban J connectivity index is 2.31. The second-order valence-corrected chi connectivity index (χ2v) is 5.55. The zero-order valence-electron chi connectivity index (χ0n) is 10.9. The van der Waals surface area contributed by atoms with Gasteiger partial charge in [0, 0.05) is 22.3 Å². The molecular formula is C14H10BrClN2O3. The van der Waals surface area contributed by atoms with Crippen LogP contribution in [0.4, 0.5) is 11.4 Å². The van der Waals surface area contributed by atoms with Gasteiger partial charge in [0.2, 0.25) is 0 Å². The van der Waals surface area contributed by atoms with Gasteiger partial charge in [-0.1, -0.05) is 17.7 Å². The van der Waals surface area contributed by atoms with E-state index >= 15 is 0 Å². The van der Waals surface area contributed by atoms with E-state index in [1.54, 1.807) is 25.1 Å². The van der Waals surface area contributed by atoms with Gasteiger partial charge < -0.3 is 5.32 Å². The highest BCUT2D eigenvalue weighted by Gasteiger charge is 2.16. The van der Waals surface area contributed by atoms with Crippen molar-refractivity contribution < 1.29 is 9.72 Å². The molecule has 2 aromatic rings. The first kappa shape index (κ1) is 15.5. The number of nitrogens with zero attached hydrogens (tertiary/aromatic N) is 1. The van der Waals surface area contributed by atoms with E-state index in [4.69, 9.17) is 11.6 Å². The molecule has 7 heteroatoms.